The summed E-state index contributed by atoms with van der Waals surface area (Å²) in [6, 6.07) is 0. The first-order chi connectivity index (χ1) is 4.86. The minimum Gasteiger partial charge on any atom is -0.263 e. The maximum atomic E-state index is 10.6. The van der Waals surface area contributed by atoms with Crippen molar-refractivity contribution in [2.45, 2.75) is 37.6 Å². The zero-order valence-electron chi connectivity index (χ0n) is 6.76. The molecule has 0 N–H and O–H groups in total. The molecule has 1 unspecified atom stereocenters. The van der Waals surface area contributed by atoms with Crippen molar-refractivity contribution in [3.8, 4) is 0 Å². The molecule has 4 heteroatoms. The molecule has 1 atom stereocenters. The Bertz CT molecular complexity index is 193. The van der Waals surface area contributed by atoms with Crippen LogP contribution in [0.4, 0.5) is 0 Å². The monoisotopic (exact) mass is 221 g/mol. The Hall–Kier alpha value is -0.120. The molecule has 11 heavy (non-hydrogen) atoms. The number of nitrogens with zero attached hydrogens (tertiary/aromatic N) is 1. The number of nitro groups is 1. The van der Waals surface area contributed by atoms with E-state index in [1.807, 2.05) is 0 Å². The van der Waals surface area contributed by atoms with E-state index < -0.39 is 4.45 Å². The highest BCUT2D eigenvalue weighted by Gasteiger charge is 2.50. The molecule has 1 saturated carbocycles. The lowest BCUT2D eigenvalue weighted by atomic mass is 9.92. The zero-order chi connectivity index (χ0) is 8.70. The van der Waals surface area contributed by atoms with Gasteiger partial charge in [0.1, 0.15) is 0 Å². The van der Waals surface area contributed by atoms with Gasteiger partial charge in [0.2, 0.25) is 0 Å². The van der Waals surface area contributed by atoms with Gasteiger partial charge in [0.15, 0.2) is 0 Å². The second-order valence-electron chi connectivity index (χ2n) is 4.02. The third-order valence-corrected chi connectivity index (χ3v) is 3.23. The predicted molar refractivity (Wildman–Crippen MR) is 46.3 cm³/mol. The fourth-order valence-electron chi connectivity index (χ4n) is 1.60. The van der Waals surface area contributed by atoms with Gasteiger partial charge in [0.05, 0.1) is 0 Å². The van der Waals surface area contributed by atoms with E-state index in [0.717, 1.165) is 6.42 Å². The molecule has 0 heterocycles. The van der Waals surface area contributed by atoms with E-state index in [1.165, 1.54) is 0 Å². The Labute approximate surface area is 74.4 Å². The maximum absolute atomic E-state index is 10.6. The van der Waals surface area contributed by atoms with Crippen molar-refractivity contribution in [2.75, 3.05) is 0 Å². The number of hydrogen-bond donors (Lipinski definition) is 0. The first-order valence-corrected chi connectivity index (χ1v) is 4.48. The van der Waals surface area contributed by atoms with Gasteiger partial charge in [-0.3, -0.25) is 10.1 Å². The highest BCUT2D eigenvalue weighted by Crippen LogP contribution is 2.48. The largest absolute Gasteiger partial charge is 0.275 e. The predicted octanol–water partition coefficient (Wildman–Crippen LogP) is 2.56. The van der Waals surface area contributed by atoms with Gasteiger partial charge in [-0.25, -0.2) is 0 Å². The van der Waals surface area contributed by atoms with Gasteiger partial charge >= 0.3 is 0 Å². The summed E-state index contributed by atoms with van der Waals surface area (Å²) in [6.45, 7) is 4.14. The molecule has 0 aliphatic heterocycles. The molecule has 0 aromatic heterocycles. The summed E-state index contributed by atoms with van der Waals surface area (Å²) in [6.07, 6.45) is 2.21. The second kappa shape index (κ2) is 2.44. The van der Waals surface area contributed by atoms with Crippen LogP contribution in [-0.2, 0) is 0 Å². The first kappa shape index (κ1) is 8.97. The van der Waals surface area contributed by atoms with Crippen LogP contribution in [0.1, 0.15) is 33.1 Å². The van der Waals surface area contributed by atoms with Crippen molar-refractivity contribution >= 4 is 15.9 Å². The third kappa shape index (κ3) is 1.72. The van der Waals surface area contributed by atoms with Crippen LogP contribution in [0.15, 0.2) is 0 Å². The summed E-state index contributed by atoms with van der Waals surface area (Å²) < 4.78 is -0.837. The first-order valence-electron chi connectivity index (χ1n) is 3.69. The SMILES string of the molecule is CC1(C)CCC(Br)([N+](=O)[O-])C1. The Balaban J connectivity index is 2.73. The van der Waals surface area contributed by atoms with E-state index in [0.29, 0.717) is 12.8 Å². The zero-order valence-corrected chi connectivity index (χ0v) is 8.35. The molecule has 0 amide bonds. The molecule has 0 aromatic carbocycles. The van der Waals surface area contributed by atoms with Crippen molar-refractivity contribution in [2.24, 2.45) is 5.41 Å². The minimum absolute atomic E-state index is 0.122. The molecule has 64 valence electrons. The highest BCUT2D eigenvalue weighted by molar-refractivity contribution is 9.10. The lowest BCUT2D eigenvalue weighted by Gasteiger charge is -2.17. The van der Waals surface area contributed by atoms with E-state index in [2.05, 4.69) is 29.8 Å². The number of alkyl halides is 1. The topological polar surface area (TPSA) is 43.1 Å². The van der Waals surface area contributed by atoms with Crippen LogP contribution in [-0.4, -0.2) is 9.37 Å². The van der Waals surface area contributed by atoms with Gasteiger partial charge in [-0.2, -0.15) is 0 Å². The van der Waals surface area contributed by atoms with Gasteiger partial charge in [-0.15, -0.1) is 0 Å². The standard InChI is InChI=1S/C7H12BrNO2/c1-6(2)3-4-7(8,5-6)9(10)11/h3-5H2,1-2H3. The Morgan fingerprint density at radius 3 is 2.18 bits per heavy atom. The third-order valence-electron chi connectivity index (χ3n) is 2.26. The lowest BCUT2D eigenvalue weighted by molar-refractivity contribution is -0.534. The molecular formula is C7H12BrNO2. The van der Waals surface area contributed by atoms with Crippen molar-refractivity contribution < 1.29 is 4.92 Å². The van der Waals surface area contributed by atoms with Gasteiger partial charge in [0, 0.05) is 33.7 Å². The van der Waals surface area contributed by atoms with E-state index in [4.69, 9.17) is 0 Å². The average Bonchev–Trinajstić information content (AvgIpc) is 2.08. The van der Waals surface area contributed by atoms with Crippen LogP contribution in [0.5, 0.6) is 0 Å². The molecule has 1 aliphatic rings. The Morgan fingerprint density at radius 1 is 1.45 bits per heavy atom. The summed E-state index contributed by atoms with van der Waals surface area (Å²) in [5, 5.41) is 10.6. The van der Waals surface area contributed by atoms with Crippen LogP contribution < -0.4 is 0 Å². The quantitative estimate of drug-likeness (QED) is 0.296. The Morgan fingerprint density at radius 2 is 2.00 bits per heavy atom. The van der Waals surface area contributed by atoms with Crippen LogP contribution >= 0.6 is 15.9 Å². The minimum atomic E-state index is -0.837. The molecule has 3 nitrogen and oxygen atoms in total. The highest BCUT2D eigenvalue weighted by atomic mass is 79.9. The molecule has 0 saturated heterocycles. The molecule has 0 bridgehead atoms. The van der Waals surface area contributed by atoms with Crippen molar-refractivity contribution in [1.82, 2.24) is 0 Å². The molecule has 0 aromatic rings. The van der Waals surface area contributed by atoms with Crippen LogP contribution in [0.25, 0.3) is 0 Å². The molecule has 1 fully saturated rings. The maximum Gasteiger partial charge on any atom is 0.275 e. The van der Waals surface area contributed by atoms with Gasteiger partial charge in [0.25, 0.3) is 4.45 Å². The molecule has 1 rings (SSSR count). The van der Waals surface area contributed by atoms with E-state index >= 15 is 0 Å². The van der Waals surface area contributed by atoms with Gasteiger partial charge in [-0.05, 0) is 11.8 Å². The summed E-state index contributed by atoms with van der Waals surface area (Å²) in [5.74, 6) is 0. The molecule has 0 spiro atoms. The second-order valence-corrected chi connectivity index (χ2v) is 5.49. The molecule has 0 radical (unpaired) electrons. The van der Waals surface area contributed by atoms with E-state index in [-0.39, 0.29) is 10.3 Å². The van der Waals surface area contributed by atoms with Gasteiger partial charge < -0.3 is 0 Å². The molecule has 1 aliphatic carbocycles. The van der Waals surface area contributed by atoms with Crippen LogP contribution in [0, 0.1) is 15.5 Å². The van der Waals surface area contributed by atoms with Gasteiger partial charge in [-0.1, -0.05) is 13.8 Å². The summed E-state index contributed by atoms with van der Waals surface area (Å²) in [5.41, 5.74) is 0.122. The number of hydrogen-bond acceptors (Lipinski definition) is 2. The van der Waals surface area contributed by atoms with Crippen LogP contribution in [0.3, 0.4) is 0 Å². The van der Waals surface area contributed by atoms with Crippen molar-refractivity contribution in [3.05, 3.63) is 10.1 Å². The van der Waals surface area contributed by atoms with E-state index in [1.54, 1.807) is 0 Å². The van der Waals surface area contributed by atoms with Crippen molar-refractivity contribution in [3.63, 3.8) is 0 Å². The normalized spacial score (nSPS) is 35.5. The van der Waals surface area contributed by atoms with Crippen LogP contribution in [0.2, 0.25) is 0 Å². The smallest absolute Gasteiger partial charge is 0.263 e. The Kier molecular flexibility index (Phi) is 1.99. The lowest BCUT2D eigenvalue weighted by Crippen LogP contribution is -2.28. The molecular weight excluding hydrogens is 210 g/mol. The summed E-state index contributed by atoms with van der Waals surface area (Å²) >= 11 is 3.19. The number of rotatable bonds is 1. The fraction of sp³-hybridized carbons (Fsp3) is 1.00. The van der Waals surface area contributed by atoms with E-state index in [9.17, 15) is 10.1 Å². The fourth-order valence-corrected chi connectivity index (χ4v) is 2.55. The van der Waals surface area contributed by atoms with Crippen molar-refractivity contribution in [1.29, 1.82) is 0 Å². The number of halogens is 1. The summed E-state index contributed by atoms with van der Waals surface area (Å²) in [7, 11) is 0. The average molecular weight is 222 g/mol. The summed E-state index contributed by atoms with van der Waals surface area (Å²) in [4.78, 5) is 10.4.